The molecule has 0 aliphatic carbocycles. The average molecular weight is 322 g/mol. The third kappa shape index (κ3) is 2.21. The van der Waals surface area contributed by atoms with E-state index in [9.17, 15) is 14.7 Å². The fourth-order valence-electron chi connectivity index (χ4n) is 2.82. The van der Waals surface area contributed by atoms with E-state index in [1.54, 1.807) is 12.1 Å². The quantitative estimate of drug-likeness (QED) is 0.730. The van der Waals surface area contributed by atoms with Crippen LogP contribution in [0.25, 0.3) is 16.7 Å². The molecule has 1 N–H and O–H groups in total. The fourth-order valence-corrected chi connectivity index (χ4v) is 2.82. The van der Waals surface area contributed by atoms with Crippen LogP contribution in [0.1, 0.15) is 18.4 Å². The van der Waals surface area contributed by atoms with Gasteiger partial charge in [-0.1, -0.05) is 6.07 Å². The molecule has 2 heterocycles. The number of carbonyl (C=O) groups is 2. The van der Waals surface area contributed by atoms with Crippen molar-refractivity contribution in [2.75, 3.05) is 4.90 Å². The molecule has 0 radical (unpaired) electrons. The number of phenolic OH excluding ortho intramolecular Hbond substituents is 1. The lowest BCUT2D eigenvalue weighted by molar-refractivity contribution is -0.121. The van der Waals surface area contributed by atoms with Crippen LogP contribution in [0.4, 0.5) is 5.69 Å². The van der Waals surface area contributed by atoms with Gasteiger partial charge in [-0.2, -0.15) is 0 Å². The zero-order valence-corrected chi connectivity index (χ0v) is 12.9. The number of aryl methyl sites for hydroxylation is 1. The van der Waals surface area contributed by atoms with E-state index in [2.05, 4.69) is 10.2 Å². The highest BCUT2D eigenvalue weighted by Gasteiger charge is 2.30. The molecule has 1 saturated heterocycles. The predicted molar refractivity (Wildman–Crippen MR) is 87.0 cm³/mol. The van der Waals surface area contributed by atoms with Gasteiger partial charge in [0.1, 0.15) is 22.5 Å². The van der Waals surface area contributed by atoms with Crippen LogP contribution >= 0.6 is 0 Å². The Balaban J connectivity index is 1.76. The summed E-state index contributed by atoms with van der Waals surface area (Å²) in [6, 6.07) is 10.3. The summed E-state index contributed by atoms with van der Waals surface area (Å²) >= 11 is 0. The monoisotopic (exact) mass is 322 g/mol. The normalized spacial score (nSPS) is 14.8. The van der Waals surface area contributed by atoms with E-state index >= 15 is 0 Å². The number of nitrogens with zero attached hydrogens (tertiary/aromatic N) is 4. The summed E-state index contributed by atoms with van der Waals surface area (Å²) in [7, 11) is 0. The van der Waals surface area contributed by atoms with Crippen LogP contribution in [0.5, 0.6) is 5.75 Å². The minimum atomic E-state index is -0.259. The molecule has 0 spiro atoms. The van der Waals surface area contributed by atoms with Crippen LogP contribution in [-0.2, 0) is 9.59 Å². The summed E-state index contributed by atoms with van der Waals surface area (Å²) in [5, 5.41) is 19.0. The second-order valence-electron chi connectivity index (χ2n) is 5.78. The third-order valence-corrected chi connectivity index (χ3v) is 4.02. The van der Waals surface area contributed by atoms with E-state index in [0.717, 1.165) is 16.0 Å². The lowest BCUT2D eigenvalue weighted by Gasteiger charge is -2.14. The Morgan fingerprint density at radius 2 is 1.67 bits per heavy atom. The van der Waals surface area contributed by atoms with Gasteiger partial charge in [0.2, 0.25) is 11.8 Å². The number of imide groups is 1. The van der Waals surface area contributed by atoms with Gasteiger partial charge < -0.3 is 5.11 Å². The first-order valence-corrected chi connectivity index (χ1v) is 7.56. The Kier molecular flexibility index (Phi) is 3.09. The van der Waals surface area contributed by atoms with Crippen molar-refractivity contribution in [3.63, 3.8) is 0 Å². The summed E-state index contributed by atoms with van der Waals surface area (Å²) in [4.78, 5) is 26.0. The third-order valence-electron chi connectivity index (χ3n) is 4.02. The van der Waals surface area contributed by atoms with E-state index in [-0.39, 0.29) is 30.4 Å². The number of aromatic hydroxyl groups is 1. The van der Waals surface area contributed by atoms with Gasteiger partial charge in [0.25, 0.3) is 0 Å². The highest BCUT2D eigenvalue weighted by atomic mass is 16.3. The number of hydrogen-bond acceptors (Lipinski definition) is 5. The number of phenols is 1. The number of rotatable bonds is 2. The maximum Gasteiger partial charge on any atom is 0.234 e. The molecule has 0 atom stereocenters. The molecule has 2 amide bonds. The van der Waals surface area contributed by atoms with Crippen LogP contribution in [-0.4, -0.2) is 31.9 Å². The number of amides is 2. The van der Waals surface area contributed by atoms with Gasteiger partial charge in [0.05, 0.1) is 5.69 Å². The number of hydrogen-bond donors (Lipinski definition) is 1. The predicted octanol–water partition coefficient (Wildman–Crippen LogP) is 2.09. The van der Waals surface area contributed by atoms with E-state index in [1.165, 1.54) is 10.9 Å². The van der Waals surface area contributed by atoms with E-state index in [1.807, 2.05) is 25.1 Å². The Morgan fingerprint density at radius 3 is 2.38 bits per heavy atom. The van der Waals surface area contributed by atoms with Gasteiger partial charge in [0.15, 0.2) is 0 Å². The molecule has 7 nitrogen and oxygen atoms in total. The molecule has 0 bridgehead atoms. The van der Waals surface area contributed by atoms with Crippen molar-refractivity contribution >= 4 is 28.5 Å². The first kappa shape index (κ1) is 14.4. The maximum absolute atomic E-state index is 11.8. The van der Waals surface area contributed by atoms with Crippen molar-refractivity contribution in [2.45, 2.75) is 19.8 Å². The van der Waals surface area contributed by atoms with Crippen LogP contribution in [0.3, 0.4) is 0 Å². The van der Waals surface area contributed by atoms with Crippen molar-refractivity contribution in [3.05, 3.63) is 42.0 Å². The summed E-state index contributed by atoms with van der Waals surface area (Å²) in [5.74, 6) is -0.617. The van der Waals surface area contributed by atoms with Crippen molar-refractivity contribution in [1.29, 1.82) is 0 Å². The molecule has 4 rings (SSSR count). The Bertz CT molecular complexity index is 977. The van der Waals surface area contributed by atoms with Gasteiger partial charge in [-0.3, -0.25) is 14.5 Å². The van der Waals surface area contributed by atoms with Crippen molar-refractivity contribution in [3.8, 4) is 11.4 Å². The number of aromatic nitrogens is 3. The highest BCUT2D eigenvalue weighted by molar-refractivity contribution is 6.19. The molecule has 0 unspecified atom stereocenters. The smallest absolute Gasteiger partial charge is 0.234 e. The molecular formula is C17H14N4O3. The first-order valence-electron chi connectivity index (χ1n) is 7.56. The first-order chi connectivity index (χ1) is 11.5. The zero-order chi connectivity index (χ0) is 16.8. The van der Waals surface area contributed by atoms with Gasteiger partial charge in [0, 0.05) is 18.9 Å². The summed E-state index contributed by atoms with van der Waals surface area (Å²) in [5.41, 5.74) is 3.25. The molecule has 1 aliphatic rings. The zero-order valence-electron chi connectivity index (χ0n) is 12.9. The van der Waals surface area contributed by atoms with Gasteiger partial charge >= 0.3 is 0 Å². The standard InChI is InChI=1S/C17H14N4O3/c1-10-2-4-12-13(8-10)19-21(18-12)14-5-3-11(9-15(14)22)20-16(23)6-7-17(20)24/h2-5,8-9,22H,6-7H2,1H3. The number of carbonyl (C=O) groups excluding carboxylic acids is 2. The highest BCUT2D eigenvalue weighted by Crippen LogP contribution is 2.30. The lowest BCUT2D eigenvalue weighted by atomic mass is 10.2. The largest absolute Gasteiger partial charge is 0.506 e. The summed E-state index contributed by atoms with van der Waals surface area (Å²) in [6.45, 7) is 1.97. The summed E-state index contributed by atoms with van der Waals surface area (Å²) in [6.07, 6.45) is 0.402. The lowest BCUT2D eigenvalue weighted by Crippen LogP contribution is -2.28. The maximum atomic E-state index is 11.8. The molecule has 24 heavy (non-hydrogen) atoms. The molecule has 2 aromatic carbocycles. The van der Waals surface area contributed by atoms with Crippen molar-refractivity contribution < 1.29 is 14.7 Å². The van der Waals surface area contributed by atoms with E-state index < -0.39 is 0 Å². The van der Waals surface area contributed by atoms with Crippen LogP contribution < -0.4 is 4.90 Å². The fraction of sp³-hybridized carbons (Fsp3) is 0.176. The molecule has 3 aromatic rings. The average Bonchev–Trinajstić information content (AvgIpc) is 3.10. The van der Waals surface area contributed by atoms with Crippen molar-refractivity contribution in [1.82, 2.24) is 15.0 Å². The molecule has 1 aliphatic heterocycles. The topological polar surface area (TPSA) is 88.3 Å². The second kappa shape index (κ2) is 5.16. The van der Waals surface area contributed by atoms with Crippen LogP contribution in [0.15, 0.2) is 36.4 Å². The molecule has 7 heteroatoms. The molecular weight excluding hydrogens is 308 g/mol. The van der Waals surface area contributed by atoms with Crippen LogP contribution in [0.2, 0.25) is 0 Å². The van der Waals surface area contributed by atoms with Crippen LogP contribution in [0, 0.1) is 6.92 Å². The Morgan fingerprint density at radius 1 is 0.958 bits per heavy atom. The number of anilines is 1. The Labute approximate surface area is 137 Å². The molecule has 1 aromatic heterocycles. The van der Waals surface area contributed by atoms with Crippen molar-refractivity contribution in [2.24, 2.45) is 0 Å². The summed E-state index contributed by atoms with van der Waals surface area (Å²) < 4.78 is 0. The second-order valence-corrected chi connectivity index (χ2v) is 5.78. The van der Waals surface area contributed by atoms with E-state index in [0.29, 0.717) is 16.9 Å². The molecule has 1 fully saturated rings. The minimum Gasteiger partial charge on any atom is -0.506 e. The van der Waals surface area contributed by atoms with Gasteiger partial charge in [-0.25, -0.2) is 0 Å². The molecule has 0 saturated carbocycles. The molecule has 120 valence electrons. The minimum absolute atomic E-state index is 0.1000. The Hall–Kier alpha value is -3.22. The number of fused-ring (bicyclic) bond motifs is 1. The van der Waals surface area contributed by atoms with Gasteiger partial charge in [-0.05, 0) is 36.8 Å². The number of benzene rings is 2. The van der Waals surface area contributed by atoms with E-state index in [4.69, 9.17) is 0 Å². The SMILES string of the molecule is Cc1ccc2nn(-c3ccc(N4C(=O)CCC4=O)cc3O)nc2c1. The van der Waals surface area contributed by atoms with Gasteiger partial charge in [-0.15, -0.1) is 15.0 Å².